The highest BCUT2D eigenvalue weighted by molar-refractivity contribution is 6.21. The van der Waals surface area contributed by atoms with E-state index in [4.69, 9.17) is 0 Å². The molecular formula is C11H17NO2. The van der Waals surface area contributed by atoms with E-state index in [1.165, 1.54) is 11.3 Å². The normalized spacial score (nSPS) is 27.7. The Balaban J connectivity index is 2.06. The molecule has 2 aliphatic rings. The Labute approximate surface area is 84.5 Å². The largest absolute Gasteiger partial charge is 0.278 e. The highest BCUT2D eigenvalue weighted by Gasteiger charge is 2.56. The Morgan fingerprint density at radius 3 is 2.07 bits per heavy atom. The van der Waals surface area contributed by atoms with Crippen LogP contribution in [0.5, 0.6) is 0 Å². The second kappa shape index (κ2) is 3.07. The van der Waals surface area contributed by atoms with Gasteiger partial charge in [0.1, 0.15) is 5.41 Å². The van der Waals surface area contributed by atoms with Crippen LogP contribution in [0.15, 0.2) is 0 Å². The molecule has 2 rings (SSSR count). The van der Waals surface area contributed by atoms with E-state index in [-0.39, 0.29) is 17.9 Å². The number of rotatable bonds is 1. The Hall–Kier alpha value is -0.860. The number of carbonyl (C=O) groups is 2. The SMILES string of the molecule is CC1(C)C(=O)N(C2CCCCC2)C1=O. The predicted molar refractivity (Wildman–Crippen MR) is 52.5 cm³/mol. The molecule has 0 aromatic heterocycles. The van der Waals surface area contributed by atoms with Crippen LogP contribution in [0.25, 0.3) is 0 Å². The maximum Gasteiger partial charge on any atom is 0.244 e. The van der Waals surface area contributed by atoms with Crippen molar-refractivity contribution in [3.8, 4) is 0 Å². The number of imide groups is 1. The molecule has 3 heteroatoms. The third-order valence-corrected chi connectivity index (χ3v) is 3.45. The van der Waals surface area contributed by atoms with E-state index >= 15 is 0 Å². The highest BCUT2D eigenvalue weighted by atomic mass is 16.2. The van der Waals surface area contributed by atoms with Crippen LogP contribution in [0.3, 0.4) is 0 Å². The van der Waals surface area contributed by atoms with Crippen molar-refractivity contribution in [1.82, 2.24) is 4.90 Å². The third-order valence-electron chi connectivity index (χ3n) is 3.45. The van der Waals surface area contributed by atoms with Crippen molar-refractivity contribution in [3.05, 3.63) is 0 Å². The van der Waals surface area contributed by atoms with Crippen LogP contribution >= 0.6 is 0 Å². The summed E-state index contributed by atoms with van der Waals surface area (Å²) in [6.07, 6.45) is 5.57. The molecule has 0 N–H and O–H groups in total. The Morgan fingerprint density at radius 1 is 1.07 bits per heavy atom. The van der Waals surface area contributed by atoms with Crippen molar-refractivity contribution >= 4 is 11.8 Å². The second-order valence-corrected chi connectivity index (χ2v) is 4.90. The Bertz CT molecular complexity index is 259. The van der Waals surface area contributed by atoms with Gasteiger partial charge in [0, 0.05) is 6.04 Å². The van der Waals surface area contributed by atoms with Crippen molar-refractivity contribution < 1.29 is 9.59 Å². The molecule has 0 spiro atoms. The monoisotopic (exact) mass is 195 g/mol. The minimum Gasteiger partial charge on any atom is -0.278 e. The zero-order valence-corrected chi connectivity index (χ0v) is 8.88. The average Bonchev–Trinajstić information content (AvgIpc) is 2.20. The fraction of sp³-hybridized carbons (Fsp3) is 0.818. The molecular weight excluding hydrogens is 178 g/mol. The van der Waals surface area contributed by atoms with Gasteiger partial charge in [0.2, 0.25) is 11.8 Å². The first-order chi connectivity index (χ1) is 6.55. The molecule has 3 nitrogen and oxygen atoms in total. The molecule has 1 heterocycles. The maximum atomic E-state index is 11.7. The van der Waals surface area contributed by atoms with Crippen molar-refractivity contribution in [2.45, 2.75) is 52.0 Å². The van der Waals surface area contributed by atoms with Gasteiger partial charge in [-0.2, -0.15) is 0 Å². The van der Waals surface area contributed by atoms with Crippen molar-refractivity contribution in [1.29, 1.82) is 0 Å². The van der Waals surface area contributed by atoms with E-state index in [9.17, 15) is 9.59 Å². The molecule has 2 amide bonds. The van der Waals surface area contributed by atoms with Gasteiger partial charge in [-0.15, -0.1) is 0 Å². The fourth-order valence-electron chi connectivity index (χ4n) is 2.40. The third kappa shape index (κ3) is 1.18. The molecule has 1 aliphatic heterocycles. The van der Waals surface area contributed by atoms with Gasteiger partial charge in [-0.1, -0.05) is 19.3 Å². The van der Waals surface area contributed by atoms with E-state index in [0.717, 1.165) is 25.7 Å². The Kier molecular flexibility index (Phi) is 2.13. The van der Waals surface area contributed by atoms with Crippen molar-refractivity contribution in [2.24, 2.45) is 5.41 Å². The first kappa shape index (κ1) is 9.69. The molecule has 0 atom stereocenters. The molecule has 78 valence electrons. The molecule has 14 heavy (non-hydrogen) atoms. The van der Waals surface area contributed by atoms with Crippen LogP contribution in [-0.2, 0) is 9.59 Å². The van der Waals surface area contributed by atoms with Gasteiger partial charge in [-0.05, 0) is 26.7 Å². The average molecular weight is 195 g/mol. The Morgan fingerprint density at radius 2 is 1.57 bits per heavy atom. The van der Waals surface area contributed by atoms with E-state index in [1.54, 1.807) is 13.8 Å². The predicted octanol–water partition coefficient (Wildman–Crippen LogP) is 1.71. The summed E-state index contributed by atoms with van der Waals surface area (Å²) in [7, 11) is 0. The minimum absolute atomic E-state index is 0.0226. The van der Waals surface area contributed by atoms with Gasteiger partial charge in [0.15, 0.2) is 0 Å². The summed E-state index contributed by atoms with van der Waals surface area (Å²) in [6, 6.07) is 0.205. The lowest BCUT2D eigenvalue weighted by atomic mass is 9.78. The maximum absolute atomic E-state index is 11.7. The van der Waals surface area contributed by atoms with Crippen molar-refractivity contribution in [2.75, 3.05) is 0 Å². The molecule has 0 aromatic rings. The first-order valence-corrected chi connectivity index (χ1v) is 5.43. The number of β-lactam (4-membered cyclic amide) rings is 2. The van der Waals surface area contributed by atoms with Gasteiger partial charge in [-0.3, -0.25) is 14.5 Å². The smallest absolute Gasteiger partial charge is 0.244 e. The van der Waals surface area contributed by atoms with E-state index in [1.807, 2.05) is 0 Å². The minimum atomic E-state index is -0.739. The summed E-state index contributed by atoms with van der Waals surface area (Å²) in [6.45, 7) is 3.44. The molecule has 0 aromatic carbocycles. The van der Waals surface area contributed by atoms with Gasteiger partial charge >= 0.3 is 0 Å². The summed E-state index contributed by atoms with van der Waals surface area (Å²) >= 11 is 0. The number of amides is 2. The molecule has 1 saturated heterocycles. The van der Waals surface area contributed by atoms with E-state index < -0.39 is 5.41 Å². The zero-order chi connectivity index (χ0) is 10.3. The summed E-state index contributed by atoms with van der Waals surface area (Å²) in [5.41, 5.74) is -0.739. The summed E-state index contributed by atoms with van der Waals surface area (Å²) < 4.78 is 0. The molecule has 1 saturated carbocycles. The van der Waals surface area contributed by atoms with E-state index in [0.29, 0.717) is 0 Å². The van der Waals surface area contributed by atoms with Crippen molar-refractivity contribution in [3.63, 3.8) is 0 Å². The number of nitrogens with zero attached hydrogens (tertiary/aromatic N) is 1. The lowest BCUT2D eigenvalue weighted by Gasteiger charge is -2.47. The van der Waals surface area contributed by atoms with Crippen LogP contribution < -0.4 is 0 Å². The summed E-state index contributed by atoms with van der Waals surface area (Å²) in [4.78, 5) is 24.9. The molecule has 0 unspecified atom stereocenters. The first-order valence-electron chi connectivity index (χ1n) is 5.43. The molecule has 0 bridgehead atoms. The van der Waals surface area contributed by atoms with Gasteiger partial charge in [-0.25, -0.2) is 0 Å². The number of carbonyl (C=O) groups excluding carboxylic acids is 2. The topological polar surface area (TPSA) is 37.4 Å². The van der Waals surface area contributed by atoms with Gasteiger partial charge < -0.3 is 0 Å². The number of hydrogen-bond acceptors (Lipinski definition) is 2. The molecule has 0 radical (unpaired) electrons. The van der Waals surface area contributed by atoms with Crippen LogP contribution in [0, 0.1) is 5.41 Å². The summed E-state index contributed by atoms with van der Waals surface area (Å²) in [5.74, 6) is 0.0452. The van der Waals surface area contributed by atoms with Crippen LogP contribution in [0.4, 0.5) is 0 Å². The number of likely N-dealkylation sites (tertiary alicyclic amines) is 1. The second-order valence-electron chi connectivity index (χ2n) is 4.90. The van der Waals surface area contributed by atoms with Crippen LogP contribution in [0.1, 0.15) is 46.0 Å². The quantitative estimate of drug-likeness (QED) is 0.472. The van der Waals surface area contributed by atoms with Gasteiger partial charge in [0.25, 0.3) is 0 Å². The van der Waals surface area contributed by atoms with E-state index in [2.05, 4.69) is 0 Å². The lowest BCUT2D eigenvalue weighted by Crippen LogP contribution is -2.66. The standard InChI is InChI=1S/C11H17NO2/c1-11(2)9(13)12(10(11)14)8-6-4-3-5-7-8/h8H,3-7H2,1-2H3. The highest BCUT2D eigenvalue weighted by Crippen LogP contribution is 2.37. The fourth-order valence-corrected chi connectivity index (χ4v) is 2.40. The lowest BCUT2D eigenvalue weighted by molar-refractivity contribution is -0.178. The molecule has 2 fully saturated rings. The number of hydrogen-bond donors (Lipinski definition) is 0. The van der Waals surface area contributed by atoms with Crippen LogP contribution in [0.2, 0.25) is 0 Å². The van der Waals surface area contributed by atoms with Crippen LogP contribution in [-0.4, -0.2) is 22.8 Å². The summed E-state index contributed by atoms with van der Waals surface area (Å²) in [5, 5.41) is 0. The van der Waals surface area contributed by atoms with Gasteiger partial charge in [0.05, 0.1) is 0 Å². The molecule has 1 aliphatic carbocycles. The zero-order valence-electron chi connectivity index (χ0n) is 8.88.